The molecule has 6 nitrogen and oxygen atoms in total. The van der Waals surface area contributed by atoms with E-state index in [0.29, 0.717) is 31.0 Å². The fourth-order valence-corrected chi connectivity index (χ4v) is 3.39. The molecule has 0 aliphatic carbocycles. The third-order valence-corrected chi connectivity index (χ3v) is 4.67. The van der Waals surface area contributed by atoms with Crippen molar-refractivity contribution in [1.82, 2.24) is 15.1 Å². The van der Waals surface area contributed by atoms with Gasteiger partial charge in [-0.1, -0.05) is 13.8 Å². The van der Waals surface area contributed by atoms with Gasteiger partial charge in [0.2, 0.25) is 11.8 Å². The van der Waals surface area contributed by atoms with Crippen molar-refractivity contribution in [2.24, 2.45) is 5.92 Å². The molecular formula is C18H22FN3O3. The summed E-state index contributed by atoms with van der Waals surface area (Å²) in [7, 11) is 0. The SMILES string of the molecule is CC(C)C[C@H]1NC(=O)[C@H]2CN(C(=O)c3ccc(F)cc3)CCN2C1=O. The van der Waals surface area contributed by atoms with E-state index in [4.69, 9.17) is 0 Å². The Morgan fingerprint density at radius 3 is 2.56 bits per heavy atom. The zero-order valence-electron chi connectivity index (χ0n) is 14.4. The highest BCUT2D eigenvalue weighted by molar-refractivity contribution is 5.99. The standard InChI is InChI=1S/C18H22FN3O3/c1-11(2)9-14-18(25)22-8-7-21(10-15(22)16(23)20-14)17(24)12-3-5-13(19)6-4-12/h3-6,11,14-15H,7-10H2,1-2H3,(H,20,23)/t14-,15-/m1/s1. The molecule has 0 saturated carbocycles. The molecule has 25 heavy (non-hydrogen) atoms. The van der Waals surface area contributed by atoms with Gasteiger partial charge in [-0.25, -0.2) is 4.39 Å². The molecule has 2 fully saturated rings. The highest BCUT2D eigenvalue weighted by Gasteiger charge is 2.44. The largest absolute Gasteiger partial charge is 0.342 e. The molecule has 2 heterocycles. The molecule has 3 rings (SSSR count). The van der Waals surface area contributed by atoms with Crippen LogP contribution in [0.1, 0.15) is 30.6 Å². The molecule has 7 heteroatoms. The zero-order chi connectivity index (χ0) is 18.1. The van der Waals surface area contributed by atoms with E-state index in [1.807, 2.05) is 13.8 Å². The second kappa shape index (κ2) is 6.82. The molecule has 1 aromatic carbocycles. The van der Waals surface area contributed by atoms with Gasteiger partial charge in [-0.15, -0.1) is 0 Å². The maximum atomic E-state index is 13.0. The average Bonchev–Trinajstić information content (AvgIpc) is 2.58. The van der Waals surface area contributed by atoms with Crippen LogP contribution in [0.15, 0.2) is 24.3 Å². The molecule has 2 saturated heterocycles. The van der Waals surface area contributed by atoms with E-state index in [2.05, 4.69) is 5.32 Å². The van der Waals surface area contributed by atoms with Gasteiger partial charge < -0.3 is 15.1 Å². The van der Waals surface area contributed by atoms with E-state index in [-0.39, 0.29) is 24.3 Å². The van der Waals surface area contributed by atoms with Crippen molar-refractivity contribution < 1.29 is 18.8 Å². The lowest BCUT2D eigenvalue weighted by molar-refractivity contribution is -0.152. The number of fused-ring (bicyclic) bond motifs is 1. The van der Waals surface area contributed by atoms with Gasteiger partial charge in [0, 0.05) is 18.7 Å². The quantitative estimate of drug-likeness (QED) is 0.888. The monoisotopic (exact) mass is 347 g/mol. The van der Waals surface area contributed by atoms with Gasteiger partial charge in [0.25, 0.3) is 5.91 Å². The van der Waals surface area contributed by atoms with Gasteiger partial charge in [-0.05, 0) is 36.6 Å². The summed E-state index contributed by atoms with van der Waals surface area (Å²) >= 11 is 0. The number of carbonyl (C=O) groups is 3. The summed E-state index contributed by atoms with van der Waals surface area (Å²) in [5.41, 5.74) is 0.370. The summed E-state index contributed by atoms with van der Waals surface area (Å²) in [4.78, 5) is 40.7. The molecule has 2 aliphatic rings. The minimum absolute atomic E-state index is 0.0767. The van der Waals surface area contributed by atoms with Crippen LogP contribution in [0.2, 0.25) is 0 Å². The van der Waals surface area contributed by atoms with E-state index in [1.165, 1.54) is 24.3 Å². The highest BCUT2D eigenvalue weighted by Crippen LogP contribution is 2.20. The van der Waals surface area contributed by atoms with Crippen LogP contribution < -0.4 is 5.32 Å². The highest BCUT2D eigenvalue weighted by atomic mass is 19.1. The van der Waals surface area contributed by atoms with Crippen molar-refractivity contribution in [3.05, 3.63) is 35.6 Å². The van der Waals surface area contributed by atoms with Crippen LogP contribution in [0.5, 0.6) is 0 Å². The molecule has 1 aromatic rings. The number of hydrogen-bond donors (Lipinski definition) is 1. The van der Waals surface area contributed by atoms with Crippen LogP contribution in [0, 0.1) is 11.7 Å². The molecule has 1 N–H and O–H groups in total. The number of amides is 3. The molecule has 0 bridgehead atoms. The fraction of sp³-hybridized carbons (Fsp3) is 0.500. The number of nitrogens with one attached hydrogen (secondary N) is 1. The zero-order valence-corrected chi connectivity index (χ0v) is 14.4. The second-order valence-corrected chi connectivity index (χ2v) is 7.00. The average molecular weight is 347 g/mol. The molecule has 0 aromatic heterocycles. The van der Waals surface area contributed by atoms with Crippen molar-refractivity contribution in [3.63, 3.8) is 0 Å². The van der Waals surface area contributed by atoms with E-state index < -0.39 is 17.9 Å². The number of nitrogens with zero attached hydrogens (tertiary/aromatic N) is 2. The number of hydrogen-bond acceptors (Lipinski definition) is 3. The Bertz CT molecular complexity index is 689. The van der Waals surface area contributed by atoms with E-state index in [9.17, 15) is 18.8 Å². The van der Waals surface area contributed by atoms with E-state index in [1.54, 1.807) is 9.80 Å². The Kier molecular flexibility index (Phi) is 4.74. The number of rotatable bonds is 3. The number of piperazine rings is 2. The summed E-state index contributed by atoms with van der Waals surface area (Å²) in [5, 5.41) is 2.79. The number of benzene rings is 1. The first-order valence-electron chi connectivity index (χ1n) is 8.52. The summed E-state index contributed by atoms with van der Waals surface area (Å²) in [6, 6.07) is 4.18. The van der Waals surface area contributed by atoms with Crippen molar-refractivity contribution >= 4 is 17.7 Å². The van der Waals surface area contributed by atoms with Crippen LogP contribution in [-0.2, 0) is 9.59 Å². The van der Waals surface area contributed by atoms with Gasteiger partial charge in [0.15, 0.2) is 0 Å². The Morgan fingerprint density at radius 1 is 1.24 bits per heavy atom. The maximum absolute atomic E-state index is 13.0. The molecular weight excluding hydrogens is 325 g/mol. The Labute approximate surface area is 146 Å². The minimum Gasteiger partial charge on any atom is -0.342 e. The van der Waals surface area contributed by atoms with Crippen molar-refractivity contribution in [1.29, 1.82) is 0 Å². The summed E-state index contributed by atoms with van der Waals surface area (Å²) in [5.74, 6) is -0.666. The Morgan fingerprint density at radius 2 is 1.92 bits per heavy atom. The lowest BCUT2D eigenvalue weighted by Crippen LogP contribution is -2.69. The van der Waals surface area contributed by atoms with Crippen LogP contribution in [0.4, 0.5) is 4.39 Å². The molecule has 0 spiro atoms. The summed E-state index contributed by atoms with van der Waals surface area (Å²) < 4.78 is 13.0. The Balaban J connectivity index is 1.71. The third-order valence-electron chi connectivity index (χ3n) is 4.67. The molecule has 2 atom stereocenters. The molecule has 0 radical (unpaired) electrons. The molecule has 134 valence electrons. The van der Waals surface area contributed by atoms with Gasteiger partial charge in [0.1, 0.15) is 17.9 Å². The Hall–Kier alpha value is -2.44. The summed E-state index contributed by atoms with van der Waals surface area (Å²) in [6.45, 7) is 4.86. The topological polar surface area (TPSA) is 69.7 Å². The number of carbonyl (C=O) groups excluding carboxylic acids is 3. The van der Waals surface area contributed by atoms with Crippen molar-refractivity contribution in [2.45, 2.75) is 32.4 Å². The van der Waals surface area contributed by atoms with Crippen molar-refractivity contribution in [2.75, 3.05) is 19.6 Å². The van der Waals surface area contributed by atoms with Gasteiger partial charge in [-0.3, -0.25) is 14.4 Å². The van der Waals surface area contributed by atoms with Crippen LogP contribution in [0.25, 0.3) is 0 Å². The van der Waals surface area contributed by atoms with Gasteiger partial charge in [0.05, 0.1) is 6.54 Å². The van der Waals surface area contributed by atoms with Gasteiger partial charge >= 0.3 is 0 Å². The van der Waals surface area contributed by atoms with Crippen molar-refractivity contribution in [3.8, 4) is 0 Å². The predicted octanol–water partition coefficient (Wildman–Crippen LogP) is 1.02. The molecule has 3 amide bonds. The van der Waals surface area contributed by atoms with Gasteiger partial charge in [-0.2, -0.15) is 0 Å². The first kappa shape index (κ1) is 17.4. The maximum Gasteiger partial charge on any atom is 0.254 e. The van der Waals surface area contributed by atoms with Crippen LogP contribution >= 0.6 is 0 Å². The number of halogens is 1. The fourth-order valence-electron chi connectivity index (χ4n) is 3.39. The molecule has 2 aliphatic heterocycles. The lowest BCUT2D eigenvalue weighted by atomic mass is 9.97. The lowest BCUT2D eigenvalue weighted by Gasteiger charge is -2.45. The summed E-state index contributed by atoms with van der Waals surface area (Å²) in [6.07, 6.45) is 0.603. The third kappa shape index (κ3) is 3.50. The predicted molar refractivity (Wildman–Crippen MR) is 89.2 cm³/mol. The molecule has 0 unspecified atom stereocenters. The second-order valence-electron chi connectivity index (χ2n) is 7.00. The normalized spacial score (nSPS) is 23.5. The first-order chi connectivity index (χ1) is 11.9. The smallest absolute Gasteiger partial charge is 0.254 e. The van der Waals surface area contributed by atoms with Crippen LogP contribution in [0.3, 0.4) is 0 Å². The van der Waals surface area contributed by atoms with E-state index >= 15 is 0 Å². The van der Waals surface area contributed by atoms with Crippen LogP contribution in [-0.4, -0.2) is 59.2 Å². The minimum atomic E-state index is -0.658. The van der Waals surface area contributed by atoms with E-state index in [0.717, 1.165) is 0 Å². The first-order valence-corrected chi connectivity index (χ1v) is 8.52.